The SMILES string of the molecule is N#Cc1c(-c2ccccc2)nc(NN=Cc2ccc(B(O)O)c(F)c2F)[nH]c1=O. The Bertz CT molecular complexity index is 1180. The van der Waals surface area contributed by atoms with Gasteiger partial charge < -0.3 is 10.0 Å². The second kappa shape index (κ2) is 8.43. The van der Waals surface area contributed by atoms with Crippen LogP contribution in [0.4, 0.5) is 14.7 Å². The average molecular weight is 395 g/mol. The number of benzene rings is 2. The lowest BCUT2D eigenvalue weighted by Crippen LogP contribution is -2.33. The van der Waals surface area contributed by atoms with Crippen molar-refractivity contribution < 1.29 is 18.8 Å². The lowest BCUT2D eigenvalue weighted by molar-refractivity contribution is 0.420. The molecule has 0 saturated carbocycles. The minimum Gasteiger partial charge on any atom is -0.423 e. The molecule has 0 aliphatic rings. The van der Waals surface area contributed by atoms with Crippen LogP contribution >= 0.6 is 0 Å². The number of halogens is 2. The number of anilines is 1. The number of nitrogens with zero attached hydrogens (tertiary/aromatic N) is 3. The minimum absolute atomic E-state index is 0.118. The van der Waals surface area contributed by atoms with Gasteiger partial charge in [0.15, 0.2) is 11.6 Å². The van der Waals surface area contributed by atoms with E-state index in [9.17, 15) is 18.8 Å². The predicted molar refractivity (Wildman–Crippen MR) is 102 cm³/mol. The number of nitriles is 1. The molecule has 0 bridgehead atoms. The molecular formula is C18H12BF2N5O3. The normalized spacial score (nSPS) is 10.7. The zero-order valence-corrected chi connectivity index (χ0v) is 14.6. The van der Waals surface area contributed by atoms with Gasteiger partial charge in [-0.1, -0.05) is 42.5 Å². The van der Waals surface area contributed by atoms with Crippen molar-refractivity contribution in [3.8, 4) is 17.3 Å². The van der Waals surface area contributed by atoms with Crippen LogP contribution in [0.2, 0.25) is 0 Å². The fourth-order valence-corrected chi connectivity index (χ4v) is 2.48. The van der Waals surface area contributed by atoms with Crippen LogP contribution in [0.1, 0.15) is 11.1 Å². The van der Waals surface area contributed by atoms with Crippen LogP contribution in [0.3, 0.4) is 0 Å². The summed E-state index contributed by atoms with van der Waals surface area (Å²) in [6.07, 6.45) is 0.923. The van der Waals surface area contributed by atoms with Crippen LogP contribution < -0.4 is 16.4 Å². The van der Waals surface area contributed by atoms with Crippen molar-refractivity contribution >= 4 is 24.7 Å². The van der Waals surface area contributed by atoms with E-state index in [4.69, 9.17) is 10.0 Å². The molecule has 1 aromatic heterocycles. The zero-order chi connectivity index (χ0) is 21.0. The highest BCUT2D eigenvalue weighted by molar-refractivity contribution is 6.58. The van der Waals surface area contributed by atoms with E-state index in [0.717, 1.165) is 18.3 Å². The van der Waals surface area contributed by atoms with Gasteiger partial charge >= 0.3 is 7.12 Å². The first-order chi connectivity index (χ1) is 13.9. The third-order valence-electron chi connectivity index (χ3n) is 3.87. The number of hydrogen-bond acceptors (Lipinski definition) is 7. The Balaban J connectivity index is 1.90. The molecular weight excluding hydrogens is 383 g/mol. The van der Waals surface area contributed by atoms with E-state index >= 15 is 0 Å². The van der Waals surface area contributed by atoms with Crippen molar-refractivity contribution in [2.75, 3.05) is 5.43 Å². The van der Waals surface area contributed by atoms with Crippen LogP contribution in [0.5, 0.6) is 0 Å². The third kappa shape index (κ3) is 4.18. The van der Waals surface area contributed by atoms with Crippen molar-refractivity contribution in [1.82, 2.24) is 9.97 Å². The average Bonchev–Trinajstić information content (AvgIpc) is 2.71. The van der Waals surface area contributed by atoms with E-state index < -0.39 is 29.8 Å². The molecule has 3 rings (SSSR count). The maximum atomic E-state index is 14.0. The van der Waals surface area contributed by atoms with E-state index in [0.29, 0.717) is 5.56 Å². The molecule has 4 N–H and O–H groups in total. The van der Waals surface area contributed by atoms with Crippen molar-refractivity contribution in [3.63, 3.8) is 0 Å². The van der Waals surface area contributed by atoms with Gasteiger partial charge in [0, 0.05) is 16.6 Å². The molecule has 0 atom stereocenters. The quantitative estimate of drug-likeness (QED) is 0.286. The summed E-state index contributed by atoms with van der Waals surface area (Å²) in [6, 6.07) is 12.4. The summed E-state index contributed by atoms with van der Waals surface area (Å²) >= 11 is 0. The summed E-state index contributed by atoms with van der Waals surface area (Å²) < 4.78 is 27.7. The summed E-state index contributed by atoms with van der Waals surface area (Å²) in [6.45, 7) is 0. The fourth-order valence-electron chi connectivity index (χ4n) is 2.48. The fraction of sp³-hybridized carbons (Fsp3) is 0. The molecule has 144 valence electrons. The molecule has 0 amide bonds. The van der Waals surface area contributed by atoms with Gasteiger partial charge in [0.05, 0.1) is 11.9 Å². The van der Waals surface area contributed by atoms with Gasteiger partial charge in [-0.3, -0.25) is 9.78 Å². The monoisotopic (exact) mass is 395 g/mol. The Hall–Kier alpha value is -3.88. The Morgan fingerprint density at radius 2 is 1.90 bits per heavy atom. The second-order valence-corrected chi connectivity index (χ2v) is 5.73. The molecule has 1 heterocycles. The van der Waals surface area contributed by atoms with Crippen molar-refractivity contribution in [3.05, 3.63) is 75.6 Å². The van der Waals surface area contributed by atoms with Crippen molar-refractivity contribution in [2.24, 2.45) is 5.10 Å². The molecule has 8 nitrogen and oxygen atoms in total. The standard InChI is InChI=1S/C18H12BF2N5O3/c20-14-11(6-7-13(15(14)21)19(28)29)9-23-26-18-24-16(10-4-2-1-3-5-10)12(8-22)17(27)25-18/h1-7,9,28-29H,(H2,24,25,26,27). The van der Waals surface area contributed by atoms with Gasteiger partial charge in [0.25, 0.3) is 5.56 Å². The molecule has 3 aromatic rings. The highest BCUT2D eigenvalue weighted by atomic mass is 19.2. The second-order valence-electron chi connectivity index (χ2n) is 5.73. The van der Waals surface area contributed by atoms with Crippen molar-refractivity contribution in [1.29, 1.82) is 5.26 Å². The predicted octanol–water partition coefficient (Wildman–Crippen LogP) is 0.713. The Kier molecular flexibility index (Phi) is 5.78. The lowest BCUT2D eigenvalue weighted by Gasteiger charge is -2.06. The smallest absolute Gasteiger partial charge is 0.423 e. The number of nitrogens with one attached hydrogen (secondary N) is 2. The summed E-state index contributed by atoms with van der Waals surface area (Å²) in [5.74, 6) is -2.86. The lowest BCUT2D eigenvalue weighted by atomic mass is 9.79. The topological polar surface area (TPSA) is 134 Å². The van der Waals surface area contributed by atoms with Crippen molar-refractivity contribution in [2.45, 2.75) is 0 Å². The van der Waals surface area contributed by atoms with Gasteiger partial charge in [0.1, 0.15) is 11.6 Å². The third-order valence-corrected chi connectivity index (χ3v) is 3.87. The minimum atomic E-state index is -2.15. The van der Waals surface area contributed by atoms with E-state index in [1.807, 2.05) is 0 Å². The zero-order valence-electron chi connectivity index (χ0n) is 14.6. The van der Waals surface area contributed by atoms with Gasteiger partial charge in [-0.15, -0.1) is 0 Å². The van der Waals surface area contributed by atoms with Crippen LogP contribution in [0.25, 0.3) is 11.3 Å². The maximum Gasteiger partial charge on any atom is 0.491 e. The highest BCUT2D eigenvalue weighted by Gasteiger charge is 2.21. The first-order valence-electron chi connectivity index (χ1n) is 8.15. The molecule has 0 radical (unpaired) electrons. The maximum absolute atomic E-state index is 14.0. The van der Waals surface area contributed by atoms with E-state index in [1.165, 1.54) is 0 Å². The van der Waals surface area contributed by atoms with Gasteiger partial charge in [0.2, 0.25) is 5.95 Å². The van der Waals surface area contributed by atoms with Crippen LogP contribution in [0, 0.1) is 23.0 Å². The molecule has 0 unspecified atom stereocenters. The summed E-state index contributed by atoms with van der Waals surface area (Å²) in [5, 5.41) is 30.9. The molecule has 29 heavy (non-hydrogen) atoms. The molecule has 0 aliphatic heterocycles. The van der Waals surface area contributed by atoms with E-state index in [2.05, 4.69) is 20.5 Å². The number of hydrazone groups is 1. The van der Waals surface area contributed by atoms with E-state index in [1.54, 1.807) is 36.4 Å². The molecule has 0 aliphatic carbocycles. The summed E-state index contributed by atoms with van der Waals surface area (Å²) in [7, 11) is -2.15. The van der Waals surface area contributed by atoms with Crippen LogP contribution in [0.15, 0.2) is 52.4 Å². The van der Waals surface area contributed by atoms with Crippen LogP contribution in [-0.4, -0.2) is 33.3 Å². The Labute approximate surface area is 162 Å². The number of H-pyrrole nitrogens is 1. The number of aromatic nitrogens is 2. The van der Waals surface area contributed by atoms with E-state index in [-0.39, 0.29) is 22.8 Å². The molecule has 0 spiro atoms. The summed E-state index contributed by atoms with van der Waals surface area (Å²) in [4.78, 5) is 18.6. The molecule has 2 aromatic carbocycles. The highest BCUT2D eigenvalue weighted by Crippen LogP contribution is 2.19. The Morgan fingerprint density at radius 1 is 1.17 bits per heavy atom. The number of rotatable bonds is 5. The first-order valence-corrected chi connectivity index (χ1v) is 8.15. The van der Waals surface area contributed by atoms with Gasteiger partial charge in [-0.05, 0) is 0 Å². The van der Waals surface area contributed by atoms with Gasteiger partial charge in [-0.2, -0.15) is 10.4 Å². The molecule has 0 fully saturated rings. The largest absolute Gasteiger partial charge is 0.491 e. The molecule has 0 saturated heterocycles. The molecule has 11 heteroatoms. The summed E-state index contributed by atoms with van der Waals surface area (Å²) in [5.41, 5.74) is 1.28. The Morgan fingerprint density at radius 3 is 2.55 bits per heavy atom. The van der Waals surface area contributed by atoms with Gasteiger partial charge in [-0.25, -0.2) is 19.2 Å². The first kappa shape index (κ1) is 19.9. The number of aromatic amines is 1. The number of hydrogen-bond donors (Lipinski definition) is 4. The van der Waals surface area contributed by atoms with Crippen LogP contribution in [-0.2, 0) is 0 Å².